The lowest BCUT2D eigenvalue weighted by Gasteiger charge is -2.04. The summed E-state index contributed by atoms with van der Waals surface area (Å²) in [7, 11) is 0. The van der Waals surface area contributed by atoms with E-state index in [2.05, 4.69) is 6.08 Å². The van der Waals surface area contributed by atoms with Crippen LogP contribution in [0.15, 0.2) is 57.7 Å². The Balaban J connectivity index is 1.92. The van der Waals surface area contributed by atoms with Crippen molar-refractivity contribution in [2.75, 3.05) is 0 Å². The van der Waals surface area contributed by atoms with E-state index in [9.17, 15) is 9.90 Å². The van der Waals surface area contributed by atoms with Gasteiger partial charge in [0.1, 0.15) is 17.1 Å². The Hall–Kier alpha value is -2.81. The van der Waals surface area contributed by atoms with Crippen LogP contribution in [0, 0.1) is 0 Å². The third-order valence-corrected chi connectivity index (χ3v) is 4.04. The highest BCUT2D eigenvalue weighted by molar-refractivity contribution is 5.87. The smallest absolute Gasteiger partial charge is 0.196 e. The summed E-state index contributed by atoms with van der Waals surface area (Å²) in [5, 5.41) is 10.0. The summed E-state index contributed by atoms with van der Waals surface area (Å²) < 4.78 is 5.95. The molecule has 1 heterocycles. The zero-order valence-electron chi connectivity index (χ0n) is 11.9. The molecular weight excluding hydrogens is 276 g/mol. The largest absolute Gasteiger partial charge is 0.508 e. The molecule has 22 heavy (non-hydrogen) atoms. The predicted molar refractivity (Wildman–Crippen MR) is 86.8 cm³/mol. The van der Waals surface area contributed by atoms with Gasteiger partial charge in [0.2, 0.25) is 0 Å². The number of benzene rings is 2. The third kappa shape index (κ3) is 2.02. The molecule has 3 aromatic rings. The van der Waals surface area contributed by atoms with Crippen molar-refractivity contribution in [1.82, 2.24) is 0 Å². The maximum atomic E-state index is 12.6. The Morgan fingerprint density at radius 3 is 2.68 bits per heavy atom. The SMILES string of the molecule is O=c1c2c(oc3ccc(O)cc13)C(=Cc1ccccc1)CC2. The molecule has 0 aliphatic heterocycles. The van der Waals surface area contributed by atoms with E-state index < -0.39 is 0 Å². The first-order valence-corrected chi connectivity index (χ1v) is 7.27. The lowest BCUT2D eigenvalue weighted by Crippen LogP contribution is -2.08. The lowest BCUT2D eigenvalue weighted by atomic mass is 10.1. The minimum Gasteiger partial charge on any atom is -0.508 e. The van der Waals surface area contributed by atoms with Crippen LogP contribution >= 0.6 is 0 Å². The predicted octanol–water partition coefficient (Wildman–Crippen LogP) is 3.99. The fraction of sp³-hybridized carbons (Fsp3) is 0.105. The van der Waals surface area contributed by atoms with Crippen molar-refractivity contribution >= 4 is 22.6 Å². The van der Waals surface area contributed by atoms with Gasteiger partial charge in [0.05, 0.1) is 5.39 Å². The van der Waals surface area contributed by atoms with Gasteiger partial charge in [0.15, 0.2) is 5.43 Å². The molecule has 1 aromatic heterocycles. The molecule has 0 unspecified atom stereocenters. The quantitative estimate of drug-likeness (QED) is 0.737. The average molecular weight is 290 g/mol. The number of allylic oxidation sites excluding steroid dienone is 1. The molecule has 0 amide bonds. The first-order valence-electron chi connectivity index (χ1n) is 7.27. The van der Waals surface area contributed by atoms with E-state index in [4.69, 9.17) is 4.42 Å². The van der Waals surface area contributed by atoms with Gasteiger partial charge in [-0.05, 0) is 48.3 Å². The average Bonchev–Trinajstić information content (AvgIpc) is 2.93. The van der Waals surface area contributed by atoms with Gasteiger partial charge in [0, 0.05) is 5.56 Å². The highest BCUT2D eigenvalue weighted by atomic mass is 16.3. The Bertz CT molecular complexity index is 950. The van der Waals surface area contributed by atoms with Crippen molar-refractivity contribution < 1.29 is 9.52 Å². The summed E-state index contributed by atoms with van der Waals surface area (Å²) in [4.78, 5) is 12.6. The van der Waals surface area contributed by atoms with Crippen LogP contribution in [0.25, 0.3) is 22.6 Å². The molecule has 0 saturated carbocycles. The van der Waals surface area contributed by atoms with E-state index in [0.29, 0.717) is 28.7 Å². The molecule has 0 atom stereocenters. The van der Waals surface area contributed by atoms with Gasteiger partial charge < -0.3 is 9.52 Å². The van der Waals surface area contributed by atoms with Gasteiger partial charge in [-0.2, -0.15) is 0 Å². The Labute approximate surface area is 127 Å². The Morgan fingerprint density at radius 2 is 1.86 bits per heavy atom. The molecule has 0 bridgehead atoms. The number of hydrogen-bond donors (Lipinski definition) is 1. The number of phenolic OH excluding ortho intramolecular Hbond substituents is 1. The molecule has 3 nitrogen and oxygen atoms in total. The zero-order valence-corrected chi connectivity index (χ0v) is 11.9. The maximum Gasteiger partial charge on any atom is 0.196 e. The summed E-state index contributed by atoms with van der Waals surface area (Å²) in [6.45, 7) is 0. The summed E-state index contributed by atoms with van der Waals surface area (Å²) >= 11 is 0. The summed E-state index contributed by atoms with van der Waals surface area (Å²) in [6, 6.07) is 14.7. The van der Waals surface area contributed by atoms with E-state index in [1.54, 1.807) is 6.07 Å². The summed E-state index contributed by atoms with van der Waals surface area (Å²) in [6.07, 6.45) is 3.55. The second-order valence-corrected chi connectivity index (χ2v) is 5.50. The Morgan fingerprint density at radius 1 is 1.05 bits per heavy atom. The highest BCUT2D eigenvalue weighted by Crippen LogP contribution is 2.34. The van der Waals surface area contributed by atoms with E-state index in [1.807, 2.05) is 30.3 Å². The maximum absolute atomic E-state index is 12.6. The summed E-state index contributed by atoms with van der Waals surface area (Å²) in [5.41, 5.74) is 3.33. The number of hydrogen-bond acceptors (Lipinski definition) is 3. The van der Waals surface area contributed by atoms with Crippen molar-refractivity contribution in [3.05, 3.63) is 75.6 Å². The van der Waals surface area contributed by atoms with Gasteiger partial charge in [-0.25, -0.2) is 0 Å². The number of fused-ring (bicyclic) bond motifs is 2. The molecule has 3 heteroatoms. The van der Waals surface area contributed by atoms with Crippen LogP contribution < -0.4 is 5.43 Å². The minimum absolute atomic E-state index is 0.0383. The number of phenols is 1. The van der Waals surface area contributed by atoms with E-state index in [-0.39, 0.29) is 11.2 Å². The minimum atomic E-state index is -0.0383. The molecule has 1 N–H and O–H groups in total. The van der Waals surface area contributed by atoms with Crippen molar-refractivity contribution in [2.45, 2.75) is 12.8 Å². The standard InChI is InChI=1S/C19H14O3/c20-14-7-9-17-16(11-14)18(21)15-8-6-13(19(15)22-17)10-12-4-2-1-3-5-12/h1-5,7,9-11,20H,6,8H2. The number of aromatic hydroxyl groups is 1. The van der Waals surface area contributed by atoms with Gasteiger partial charge in [-0.1, -0.05) is 30.3 Å². The van der Waals surface area contributed by atoms with Crippen LogP contribution in [-0.2, 0) is 6.42 Å². The fourth-order valence-electron chi connectivity index (χ4n) is 2.97. The van der Waals surface area contributed by atoms with Crippen molar-refractivity contribution in [2.24, 2.45) is 0 Å². The van der Waals surface area contributed by atoms with Gasteiger partial charge >= 0.3 is 0 Å². The fourth-order valence-corrected chi connectivity index (χ4v) is 2.97. The second-order valence-electron chi connectivity index (χ2n) is 5.50. The molecule has 2 aromatic carbocycles. The molecule has 108 valence electrons. The summed E-state index contributed by atoms with van der Waals surface area (Å²) in [5.74, 6) is 0.768. The molecule has 1 aliphatic carbocycles. The van der Waals surface area contributed by atoms with Gasteiger partial charge in [0.25, 0.3) is 0 Å². The zero-order chi connectivity index (χ0) is 15.1. The van der Waals surface area contributed by atoms with E-state index in [1.165, 1.54) is 12.1 Å². The molecule has 0 fully saturated rings. The van der Waals surface area contributed by atoms with Crippen LogP contribution in [0.4, 0.5) is 0 Å². The topological polar surface area (TPSA) is 50.4 Å². The molecule has 0 radical (unpaired) electrons. The molecule has 0 saturated heterocycles. The first kappa shape index (κ1) is 12.9. The Kier molecular flexibility index (Phi) is 2.86. The van der Waals surface area contributed by atoms with Crippen LogP contribution in [0.3, 0.4) is 0 Å². The normalized spacial score (nSPS) is 15.4. The first-order chi connectivity index (χ1) is 10.7. The van der Waals surface area contributed by atoms with Crippen LogP contribution in [0.1, 0.15) is 23.3 Å². The van der Waals surface area contributed by atoms with E-state index in [0.717, 1.165) is 17.6 Å². The van der Waals surface area contributed by atoms with Crippen molar-refractivity contribution in [3.8, 4) is 5.75 Å². The van der Waals surface area contributed by atoms with E-state index >= 15 is 0 Å². The highest BCUT2D eigenvalue weighted by Gasteiger charge is 2.23. The molecular formula is C19H14O3. The van der Waals surface area contributed by atoms with Crippen molar-refractivity contribution in [3.63, 3.8) is 0 Å². The van der Waals surface area contributed by atoms with Crippen molar-refractivity contribution in [1.29, 1.82) is 0 Å². The van der Waals surface area contributed by atoms with Gasteiger partial charge in [-0.3, -0.25) is 4.79 Å². The second kappa shape index (κ2) is 4.88. The number of rotatable bonds is 1. The van der Waals surface area contributed by atoms with Crippen LogP contribution in [0.2, 0.25) is 0 Å². The monoisotopic (exact) mass is 290 g/mol. The molecule has 0 spiro atoms. The third-order valence-electron chi connectivity index (χ3n) is 4.04. The van der Waals surface area contributed by atoms with Crippen LogP contribution in [-0.4, -0.2) is 5.11 Å². The molecule has 1 aliphatic rings. The molecule has 4 rings (SSSR count). The van der Waals surface area contributed by atoms with Gasteiger partial charge in [-0.15, -0.1) is 0 Å². The van der Waals surface area contributed by atoms with Crippen LogP contribution in [0.5, 0.6) is 5.75 Å². The lowest BCUT2D eigenvalue weighted by molar-refractivity contribution is 0.475.